The van der Waals surface area contributed by atoms with Gasteiger partial charge in [-0.2, -0.15) is 0 Å². The number of rotatable bonds is 5. The third-order valence-corrected chi connectivity index (χ3v) is 5.94. The molecule has 3 heterocycles. The molecule has 4 rings (SSSR count). The molecule has 0 unspecified atom stereocenters. The molecule has 0 atom stereocenters. The number of nitrogens with zero attached hydrogens (tertiary/aromatic N) is 3. The highest BCUT2D eigenvalue weighted by Gasteiger charge is 2.18. The highest BCUT2D eigenvalue weighted by atomic mass is 32.1. The molecule has 0 spiro atoms. The molecule has 2 aromatic heterocycles. The van der Waals surface area contributed by atoms with Gasteiger partial charge in [0, 0.05) is 44.4 Å². The number of anilines is 2. The number of pyridine rings is 1. The predicted octanol–water partition coefficient (Wildman–Crippen LogP) is 4.39. The lowest BCUT2D eigenvalue weighted by molar-refractivity contribution is 0.103. The topological polar surface area (TPSA) is 48.5 Å². The lowest BCUT2D eigenvalue weighted by atomic mass is 10.2. The lowest BCUT2D eigenvalue weighted by Crippen LogP contribution is -2.31. The number of benzene rings is 1. The zero-order chi connectivity index (χ0) is 20.9. The van der Waals surface area contributed by atoms with E-state index in [-0.39, 0.29) is 5.91 Å². The summed E-state index contributed by atoms with van der Waals surface area (Å²) in [4.78, 5) is 21.7. The second kappa shape index (κ2) is 9.32. The highest BCUT2D eigenvalue weighted by Crippen LogP contribution is 2.19. The summed E-state index contributed by atoms with van der Waals surface area (Å²) in [5.41, 5.74) is 1.16. The van der Waals surface area contributed by atoms with Crippen molar-refractivity contribution in [3.63, 3.8) is 0 Å². The summed E-state index contributed by atoms with van der Waals surface area (Å²) >= 11 is 1.39. The summed E-state index contributed by atoms with van der Waals surface area (Å²) < 4.78 is 27.1. The van der Waals surface area contributed by atoms with E-state index in [9.17, 15) is 13.6 Å². The normalized spacial score (nSPS) is 15.1. The van der Waals surface area contributed by atoms with Crippen molar-refractivity contribution in [1.82, 2.24) is 9.88 Å². The summed E-state index contributed by atoms with van der Waals surface area (Å²) in [5.74, 6) is -0.353. The van der Waals surface area contributed by atoms with Crippen LogP contribution in [-0.4, -0.2) is 42.0 Å². The van der Waals surface area contributed by atoms with Crippen molar-refractivity contribution in [2.24, 2.45) is 0 Å². The summed E-state index contributed by atoms with van der Waals surface area (Å²) in [5, 5.41) is 4.71. The van der Waals surface area contributed by atoms with E-state index < -0.39 is 11.6 Å². The van der Waals surface area contributed by atoms with Crippen LogP contribution in [-0.2, 0) is 6.54 Å². The predicted molar refractivity (Wildman–Crippen MR) is 115 cm³/mol. The van der Waals surface area contributed by atoms with Crippen molar-refractivity contribution in [2.45, 2.75) is 13.0 Å². The summed E-state index contributed by atoms with van der Waals surface area (Å²) in [6.45, 7) is 3.66. The fraction of sp³-hybridized carbons (Fsp3) is 0.273. The van der Waals surface area contributed by atoms with E-state index >= 15 is 0 Å². The maximum Gasteiger partial charge on any atom is 0.265 e. The molecule has 156 valence electrons. The first-order valence-corrected chi connectivity index (χ1v) is 10.7. The van der Waals surface area contributed by atoms with Gasteiger partial charge in [-0.05, 0) is 36.1 Å². The maximum absolute atomic E-state index is 14.0. The smallest absolute Gasteiger partial charge is 0.265 e. The van der Waals surface area contributed by atoms with Gasteiger partial charge in [-0.15, -0.1) is 11.3 Å². The van der Waals surface area contributed by atoms with E-state index in [2.05, 4.69) is 20.1 Å². The number of hydrogen-bond donors (Lipinski definition) is 1. The summed E-state index contributed by atoms with van der Waals surface area (Å²) in [6, 6.07) is 11.1. The van der Waals surface area contributed by atoms with E-state index in [0.29, 0.717) is 22.7 Å². The number of amides is 1. The molecule has 1 fully saturated rings. The zero-order valence-corrected chi connectivity index (χ0v) is 17.2. The maximum atomic E-state index is 14.0. The molecule has 0 radical (unpaired) electrons. The molecule has 0 saturated carbocycles. The molecule has 1 N–H and O–H groups in total. The fourth-order valence-corrected chi connectivity index (χ4v) is 4.12. The van der Waals surface area contributed by atoms with Gasteiger partial charge < -0.3 is 10.2 Å². The minimum Gasteiger partial charge on any atom is -0.355 e. The Labute approximate surface area is 178 Å². The molecule has 1 aromatic carbocycles. The van der Waals surface area contributed by atoms with E-state index in [1.807, 2.05) is 23.6 Å². The first kappa shape index (κ1) is 20.4. The third-order valence-electron chi connectivity index (χ3n) is 5.07. The Bertz CT molecular complexity index is 995. The Balaban J connectivity index is 1.34. The zero-order valence-electron chi connectivity index (χ0n) is 16.4. The number of carbonyl (C=O) groups is 1. The molecule has 3 aromatic rings. The SMILES string of the molecule is O=C(Nc1ccc(N2CCCN(Cc3ccc(F)cc3F)CC2)nc1)c1cccs1. The van der Waals surface area contributed by atoms with Crippen LogP contribution < -0.4 is 10.2 Å². The number of halogens is 2. The van der Waals surface area contributed by atoms with Gasteiger partial charge >= 0.3 is 0 Å². The van der Waals surface area contributed by atoms with Gasteiger partial charge in [0.05, 0.1) is 16.8 Å². The molecule has 1 saturated heterocycles. The minimum atomic E-state index is -0.556. The molecule has 0 bridgehead atoms. The number of thiophene rings is 1. The van der Waals surface area contributed by atoms with Crippen molar-refractivity contribution in [3.8, 4) is 0 Å². The van der Waals surface area contributed by atoms with Crippen LogP contribution in [0, 0.1) is 11.6 Å². The molecule has 1 aliphatic rings. The quantitative estimate of drug-likeness (QED) is 0.655. The van der Waals surface area contributed by atoms with Gasteiger partial charge in [-0.1, -0.05) is 12.1 Å². The minimum absolute atomic E-state index is 0.141. The Hall–Kier alpha value is -2.84. The first-order valence-electron chi connectivity index (χ1n) is 9.80. The number of carbonyl (C=O) groups excluding carboxylic acids is 1. The van der Waals surface area contributed by atoms with Gasteiger partial charge in [0.2, 0.25) is 0 Å². The molecule has 0 aliphatic carbocycles. The van der Waals surface area contributed by atoms with Crippen LogP contribution >= 0.6 is 11.3 Å². The van der Waals surface area contributed by atoms with Crippen molar-refractivity contribution in [2.75, 3.05) is 36.4 Å². The first-order chi connectivity index (χ1) is 14.6. The van der Waals surface area contributed by atoms with Crippen LogP contribution in [0.1, 0.15) is 21.7 Å². The molecular weight excluding hydrogens is 406 g/mol. The van der Waals surface area contributed by atoms with Crippen LogP contribution in [0.5, 0.6) is 0 Å². The van der Waals surface area contributed by atoms with Gasteiger partial charge in [-0.3, -0.25) is 9.69 Å². The molecule has 5 nitrogen and oxygen atoms in total. The van der Waals surface area contributed by atoms with E-state index in [4.69, 9.17) is 0 Å². The van der Waals surface area contributed by atoms with Crippen molar-refractivity contribution >= 4 is 28.7 Å². The standard InChI is InChI=1S/C22H22F2N4OS/c23-17-5-4-16(19(24)13-17)15-27-8-2-9-28(11-10-27)21-7-6-18(14-25-21)26-22(29)20-3-1-12-30-20/h1,3-7,12-14H,2,8-11,15H2,(H,26,29). The molecule has 1 aliphatic heterocycles. The number of aromatic nitrogens is 1. The van der Waals surface area contributed by atoms with Gasteiger partial charge in [-0.25, -0.2) is 13.8 Å². The third kappa shape index (κ3) is 5.01. The Kier molecular flexibility index (Phi) is 6.35. The van der Waals surface area contributed by atoms with Gasteiger partial charge in [0.1, 0.15) is 17.5 Å². The Morgan fingerprint density at radius 1 is 1.10 bits per heavy atom. The number of hydrogen-bond acceptors (Lipinski definition) is 5. The van der Waals surface area contributed by atoms with Crippen LogP contribution in [0.25, 0.3) is 0 Å². The monoisotopic (exact) mass is 428 g/mol. The lowest BCUT2D eigenvalue weighted by Gasteiger charge is -2.23. The second-order valence-corrected chi connectivity index (χ2v) is 8.14. The summed E-state index contributed by atoms with van der Waals surface area (Å²) in [6.07, 6.45) is 2.58. The van der Waals surface area contributed by atoms with Crippen molar-refractivity contribution in [3.05, 3.63) is 76.1 Å². The second-order valence-electron chi connectivity index (χ2n) is 7.19. The average Bonchev–Trinajstić information content (AvgIpc) is 3.18. The Morgan fingerprint density at radius 2 is 2.00 bits per heavy atom. The molecule has 30 heavy (non-hydrogen) atoms. The largest absolute Gasteiger partial charge is 0.355 e. The fourth-order valence-electron chi connectivity index (χ4n) is 3.50. The van der Waals surface area contributed by atoms with Crippen LogP contribution in [0.4, 0.5) is 20.3 Å². The van der Waals surface area contributed by atoms with E-state index in [0.717, 1.165) is 44.5 Å². The highest BCUT2D eigenvalue weighted by molar-refractivity contribution is 7.12. The molecule has 8 heteroatoms. The van der Waals surface area contributed by atoms with Crippen LogP contribution in [0.3, 0.4) is 0 Å². The van der Waals surface area contributed by atoms with Crippen molar-refractivity contribution in [1.29, 1.82) is 0 Å². The van der Waals surface area contributed by atoms with Gasteiger partial charge in [0.25, 0.3) is 5.91 Å². The van der Waals surface area contributed by atoms with Crippen LogP contribution in [0.15, 0.2) is 54.0 Å². The Morgan fingerprint density at radius 3 is 2.73 bits per heavy atom. The van der Waals surface area contributed by atoms with Crippen molar-refractivity contribution < 1.29 is 13.6 Å². The van der Waals surface area contributed by atoms with Crippen LogP contribution in [0.2, 0.25) is 0 Å². The van der Waals surface area contributed by atoms with E-state index in [1.54, 1.807) is 12.3 Å². The summed E-state index contributed by atoms with van der Waals surface area (Å²) in [7, 11) is 0. The average molecular weight is 429 g/mol. The van der Waals surface area contributed by atoms with E-state index in [1.165, 1.54) is 23.5 Å². The molecule has 1 amide bonds. The van der Waals surface area contributed by atoms with Gasteiger partial charge in [0.15, 0.2) is 0 Å². The molecular formula is C22H22F2N4OS. The number of nitrogens with one attached hydrogen (secondary N) is 1.